The zero-order valence-corrected chi connectivity index (χ0v) is 37.7. The van der Waals surface area contributed by atoms with E-state index in [9.17, 15) is 0 Å². The highest BCUT2D eigenvalue weighted by Crippen LogP contribution is 2.39. The van der Waals surface area contributed by atoms with E-state index in [-0.39, 0.29) is 0 Å². The Labute approximate surface area is 376 Å². The van der Waals surface area contributed by atoms with Crippen molar-refractivity contribution in [3.63, 3.8) is 0 Å². The predicted octanol–water partition coefficient (Wildman–Crippen LogP) is 10.4. The van der Waals surface area contributed by atoms with Gasteiger partial charge in [0.2, 0.25) is 0 Å². The third-order valence-electron chi connectivity index (χ3n) is 13.6. The van der Waals surface area contributed by atoms with Crippen molar-refractivity contribution in [1.82, 2.24) is 15.0 Å². The summed E-state index contributed by atoms with van der Waals surface area (Å²) < 4.78 is 0. The molecule has 2 aliphatic rings. The van der Waals surface area contributed by atoms with Crippen molar-refractivity contribution in [1.29, 1.82) is 0 Å². The molecule has 64 heavy (non-hydrogen) atoms. The normalized spacial score (nSPS) is 13.7. The van der Waals surface area contributed by atoms with Crippen molar-refractivity contribution in [3.05, 3.63) is 224 Å². The molecule has 0 atom stereocenters. The maximum absolute atomic E-state index is 5.52. The van der Waals surface area contributed by atoms with E-state index >= 15 is 0 Å². The second-order valence-electron chi connectivity index (χ2n) is 17.5. The minimum atomic E-state index is -2.87. The molecule has 3 nitrogen and oxygen atoms in total. The van der Waals surface area contributed by atoms with Crippen LogP contribution in [0.2, 0.25) is 13.1 Å². The van der Waals surface area contributed by atoms with Crippen molar-refractivity contribution >= 4 is 47.3 Å². The van der Waals surface area contributed by atoms with Crippen LogP contribution >= 0.6 is 0 Å². The predicted molar refractivity (Wildman–Crippen MR) is 272 cm³/mol. The molecular formula is C59H43N3Si2. The standard InChI is InChI=1S/C59H43N3Si2/c1-63(2)53-38-43(40-20-8-3-9-21-40)34-36-48(53)49-31-18-32-51(56(49)63)59-61-57(42-24-12-5-13-25-42)60-58(62-59)44-35-37-50-54(39-44)64(45-26-14-6-15-27-45,46-28-16-7-17-29-46)52-33-19-30-47(55(50)52)41-22-10-4-11-23-41/h3-39H,1-2H3. The lowest BCUT2D eigenvalue weighted by Crippen LogP contribution is -2.72. The average molecular weight is 850 g/mol. The van der Waals surface area contributed by atoms with Gasteiger partial charge in [-0.25, -0.2) is 15.0 Å². The maximum atomic E-state index is 5.52. The van der Waals surface area contributed by atoms with Gasteiger partial charge in [-0.3, -0.25) is 0 Å². The highest BCUT2D eigenvalue weighted by atomic mass is 28.3. The van der Waals surface area contributed by atoms with Gasteiger partial charge in [-0.05, 0) is 75.6 Å². The SMILES string of the molecule is C[Si]1(C)c2cc(-c3ccccc3)ccc2-c2cccc(-c3nc(-c4ccccc4)nc(-c4ccc5c(c4)[Si](c4ccccc4)(c4ccccc4)c4cccc(-c6ccccc6)c4-5)n3)c21. The Morgan fingerprint density at radius 2 is 0.781 bits per heavy atom. The molecule has 0 unspecified atom stereocenters. The van der Waals surface area contributed by atoms with Gasteiger partial charge in [-0.2, -0.15) is 0 Å². The van der Waals surface area contributed by atoms with Gasteiger partial charge in [0.1, 0.15) is 8.07 Å². The lowest BCUT2D eigenvalue weighted by atomic mass is 9.94. The second-order valence-corrected chi connectivity index (χ2v) is 25.5. The summed E-state index contributed by atoms with van der Waals surface area (Å²) in [5, 5.41) is 8.29. The Morgan fingerprint density at radius 3 is 1.44 bits per heavy atom. The molecule has 0 saturated carbocycles. The summed E-state index contributed by atoms with van der Waals surface area (Å²) in [6.07, 6.45) is 0. The second kappa shape index (κ2) is 15.1. The molecular weight excluding hydrogens is 807 g/mol. The van der Waals surface area contributed by atoms with E-state index in [4.69, 9.17) is 15.0 Å². The van der Waals surface area contributed by atoms with Gasteiger partial charge in [-0.1, -0.05) is 238 Å². The van der Waals surface area contributed by atoms with Crippen LogP contribution in [0.3, 0.4) is 0 Å². The lowest BCUT2D eigenvalue weighted by molar-refractivity contribution is 1.08. The molecule has 0 radical (unpaired) electrons. The first kappa shape index (κ1) is 38.1. The summed E-state index contributed by atoms with van der Waals surface area (Å²) in [6.45, 7) is 4.96. The summed E-state index contributed by atoms with van der Waals surface area (Å²) >= 11 is 0. The molecule has 2 aliphatic heterocycles. The van der Waals surface area contributed by atoms with Crippen LogP contribution in [0.4, 0.5) is 0 Å². The first-order valence-electron chi connectivity index (χ1n) is 22.1. The Morgan fingerprint density at radius 1 is 0.297 bits per heavy atom. The topological polar surface area (TPSA) is 38.7 Å². The molecule has 0 aliphatic carbocycles. The van der Waals surface area contributed by atoms with Gasteiger partial charge in [-0.15, -0.1) is 0 Å². The first-order valence-corrected chi connectivity index (χ1v) is 27.1. The summed E-state index contributed by atoms with van der Waals surface area (Å²) in [4.78, 5) is 16.2. The van der Waals surface area contributed by atoms with Crippen LogP contribution in [0.25, 0.3) is 78.7 Å². The lowest BCUT2D eigenvalue weighted by Gasteiger charge is -2.31. The van der Waals surface area contributed by atoms with E-state index in [1.807, 2.05) is 6.07 Å². The van der Waals surface area contributed by atoms with Crippen LogP contribution in [-0.4, -0.2) is 31.1 Å². The number of fused-ring (bicyclic) bond motifs is 6. The molecule has 0 fully saturated rings. The third-order valence-corrected chi connectivity index (χ3v) is 22.0. The van der Waals surface area contributed by atoms with Crippen LogP contribution in [0, 0.1) is 0 Å². The highest BCUT2D eigenvalue weighted by Gasteiger charge is 2.49. The zero-order chi connectivity index (χ0) is 42.8. The molecule has 0 bridgehead atoms. The Kier molecular flexibility index (Phi) is 8.97. The molecule has 0 spiro atoms. The quantitative estimate of drug-likeness (QED) is 0.150. The summed E-state index contributed by atoms with van der Waals surface area (Å²) in [6, 6.07) is 82.1. The number of rotatable bonds is 7. The minimum absolute atomic E-state index is 0.671. The molecule has 10 aromatic rings. The number of hydrogen-bond acceptors (Lipinski definition) is 3. The van der Waals surface area contributed by atoms with Gasteiger partial charge in [0.05, 0.1) is 0 Å². The minimum Gasteiger partial charge on any atom is -0.208 e. The zero-order valence-electron chi connectivity index (χ0n) is 35.7. The Hall–Kier alpha value is -7.58. The number of nitrogens with zero attached hydrogens (tertiary/aromatic N) is 3. The Balaban J connectivity index is 1.09. The molecule has 9 aromatic carbocycles. The van der Waals surface area contributed by atoms with Gasteiger partial charge in [0.25, 0.3) is 0 Å². The molecule has 3 heterocycles. The summed E-state index contributed by atoms with van der Waals surface area (Å²) in [5.41, 5.74) is 13.2. The van der Waals surface area contributed by atoms with Crippen LogP contribution in [0.15, 0.2) is 224 Å². The number of hydrogen-bond donors (Lipinski definition) is 0. The third kappa shape index (κ3) is 5.89. The fourth-order valence-corrected chi connectivity index (χ4v) is 19.4. The number of benzene rings is 9. The van der Waals surface area contributed by atoms with Gasteiger partial charge in [0, 0.05) is 16.7 Å². The molecule has 302 valence electrons. The van der Waals surface area contributed by atoms with Crippen LogP contribution in [-0.2, 0) is 0 Å². The summed E-state index contributed by atoms with van der Waals surface area (Å²) in [5.74, 6) is 2.06. The van der Waals surface area contributed by atoms with Crippen molar-refractivity contribution in [2.24, 2.45) is 0 Å². The van der Waals surface area contributed by atoms with E-state index in [1.165, 1.54) is 75.6 Å². The van der Waals surface area contributed by atoms with Crippen LogP contribution < -0.4 is 31.1 Å². The average Bonchev–Trinajstić information content (AvgIpc) is 3.80. The van der Waals surface area contributed by atoms with Gasteiger partial charge in [0.15, 0.2) is 25.5 Å². The molecule has 0 amide bonds. The van der Waals surface area contributed by atoms with Crippen LogP contribution in [0.5, 0.6) is 0 Å². The molecule has 1 aromatic heterocycles. The largest absolute Gasteiger partial charge is 0.208 e. The van der Waals surface area contributed by atoms with E-state index < -0.39 is 16.1 Å². The Bertz CT molecular complexity index is 3350. The monoisotopic (exact) mass is 849 g/mol. The van der Waals surface area contributed by atoms with Gasteiger partial charge < -0.3 is 0 Å². The van der Waals surface area contributed by atoms with E-state index in [0.29, 0.717) is 17.5 Å². The van der Waals surface area contributed by atoms with Crippen molar-refractivity contribution in [3.8, 4) is 78.7 Å². The smallest absolute Gasteiger partial charge is 0.180 e. The van der Waals surface area contributed by atoms with E-state index in [0.717, 1.165) is 16.7 Å². The maximum Gasteiger partial charge on any atom is 0.180 e. The van der Waals surface area contributed by atoms with E-state index in [2.05, 4.69) is 231 Å². The molecule has 0 N–H and O–H groups in total. The highest BCUT2D eigenvalue weighted by molar-refractivity contribution is 7.22. The summed E-state index contributed by atoms with van der Waals surface area (Å²) in [7, 11) is -5.11. The van der Waals surface area contributed by atoms with Crippen LogP contribution in [0.1, 0.15) is 0 Å². The fraction of sp³-hybridized carbons (Fsp3) is 0.0339. The van der Waals surface area contributed by atoms with Crippen molar-refractivity contribution in [2.45, 2.75) is 13.1 Å². The fourth-order valence-electron chi connectivity index (χ4n) is 10.8. The van der Waals surface area contributed by atoms with Crippen molar-refractivity contribution < 1.29 is 0 Å². The molecule has 12 rings (SSSR count). The first-order chi connectivity index (χ1) is 31.5. The van der Waals surface area contributed by atoms with Crippen molar-refractivity contribution in [2.75, 3.05) is 0 Å². The molecule has 0 saturated heterocycles. The number of aromatic nitrogens is 3. The van der Waals surface area contributed by atoms with E-state index in [1.54, 1.807) is 0 Å². The van der Waals surface area contributed by atoms with Gasteiger partial charge >= 0.3 is 0 Å². The molecule has 5 heteroatoms.